The predicted octanol–water partition coefficient (Wildman–Crippen LogP) is 7.56. The first-order chi connectivity index (χ1) is 16.1. The molecular weight excluding hydrogens is 532 g/mol. The molecule has 4 aromatic rings. The molecule has 0 bridgehead atoms. The summed E-state index contributed by atoms with van der Waals surface area (Å²) in [5.41, 5.74) is 2.14. The zero-order valence-electron chi connectivity index (χ0n) is 17.9. The highest BCUT2D eigenvalue weighted by atomic mass is 127. The number of para-hydroxylation sites is 1. The fourth-order valence-corrected chi connectivity index (χ4v) is 3.87. The maximum Gasteiger partial charge on any atom is 0.174 e. The molecule has 0 amide bonds. The minimum atomic E-state index is -0.296. The van der Waals surface area contributed by atoms with E-state index >= 15 is 0 Å². The summed E-state index contributed by atoms with van der Waals surface area (Å²) in [5, 5.41) is 0. The summed E-state index contributed by atoms with van der Waals surface area (Å²) >= 11 is 2.18. The molecule has 0 aliphatic rings. The smallest absolute Gasteiger partial charge is 0.174 e. The first-order valence-electron chi connectivity index (χ1n) is 10.2. The minimum Gasteiger partial charge on any atom is -0.493 e. The summed E-state index contributed by atoms with van der Waals surface area (Å²) < 4.78 is 31.9. The van der Waals surface area contributed by atoms with Crippen LogP contribution < -0.4 is 14.2 Å². The van der Waals surface area contributed by atoms with Gasteiger partial charge >= 0.3 is 0 Å². The molecule has 4 aromatic carbocycles. The molecule has 0 fully saturated rings. The fourth-order valence-electron chi connectivity index (χ4n) is 3.09. The van der Waals surface area contributed by atoms with Crippen molar-refractivity contribution in [3.8, 4) is 23.0 Å². The van der Waals surface area contributed by atoms with Crippen molar-refractivity contribution in [2.45, 2.75) is 6.61 Å². The zero-order chi connectivity index (χ0) is 23.0. The Balaban J connectivity index is 1.45. The molecule has 0 heterocycles. The van der Waals surface area contributed by atoms with Gasteiger partial charge in [-0.1, -0.05) is 36.4 Å². The first-order valence-corrected chi connectivity index (χ1v) is 11.3. The molecule has 6 heteroatoms. The molecule has 0 N–H and O–H groups in total. The van der Waals surface area contributed by atoms with Crippen LogP contribution in [0.15, 0.2) is 96.0 Å². The van der Waals surface area contributed by atoms with Crippen molar-refractivity contribution >= 4 is 34.5 Å². The highest BCUT2D eigenvalue weighted by Crippen LogP contribution is 2.34. The lowest BCUT2D eigenvalue weighted by Gasteiger charge is -2.14. The Bertz CT molecular complexity index is 1240. The summed E-state index contributed by atoms with van der Waals surface area (Å²) in [7, 11) is 1.58. The summed E-state index contributed by atoms with van der Waals surface area (Å²) in [6.07, 6.45) is 1.76. The van der Waals surface area contributed by atoms with E-state index in [9.17, 15) is 4.39 Å². The normalized spacial score (nSPS) is 10.9. The highest BCUT2D eigenvalue weighted by molar-refractivity contribution is 14.1. The molecular formula is C27H21FINO3. The van der Waals surface area contributed by atoms with Crippen LogP contribution in [0, 0.1) is 9.39 Å². The van der Waals surface area contributed by atoms with E-state index in [4.69, 9.17) is 14.2 Å². The van der Waals surface area contributed by atoms with Crippen molar-refractivity contribution in [3.05, 3.63) is 112 Å². The van der Waals surface area contributed by atoms with Gasteiger partial charge in [0.2, 0.25) is 0 Å². The van der Waals surface area contributed by atoms with Gasteiger partial charge in [0.15, 0.2) is 11.5 Å². The molecule has 0 saturated carbocycles. The van der Waals surface area contributed by atoms with Crippen molar-refractivity contribution in [1.29, 1.82) is 0 Å². The molecule has 0 atom stereocenters. The number of ether oxygens (including phenoxy) is 3. The van der Waals surface area contributed by atoms with Crippen LogP contribution >= 0.6 is 22.6 Å². The van der Waals surface area contributed by atoms with Crippen molar-refractivity contribution < 1.29 is 18.6 Å². The molecule has 4 nitrogen and oxygen atoms in total. The van der Waals surface area contributed by atoms with E-state index in [1.165, 1.54) is 6.07 Å². The minimum absolute atomic E-state index is 0.115. The van der Waals surface area contributed by atoms with Crippen LogP contribution in [-0.4, -0.2) is 13.3 Å². The molecule has 0 spiro atoms. The number of rotatable bonds is 8. The van der Waals surface area contributed by atoms with Crippen molar-refractivity contribution in [1.82, 2.24) is 0 Å². The van der Waals surface area contributed by atoms with E-state index < -0.39 is 0 Å². The van der Waals surface area contributed by atoms with Crippen LogP contribution in [0.2, 0.25) is 0 Å². The largest absolute Gasteiger partial charge is 0.493 e. The molecule has 4 rings (SSSR count). The van der Waals surface area contributed by atoms with Gasteiger partial charge in [-0.25, -0.2) is 4.39 Å². The van der Waals surface area contributed by atoms with Gasteiger partial charge in [0.25, 0.3) is 0 Å². The summed E-state index contributed by atoms with van der Waals surface area (Å²) in [6.45, 7) is 0.115. The number of nitrogens with zero attached hydrogens (tertiary/aromatic N) is 1. The molecule has 0 aliphatic carbocycles. The fraction of sp³-hybridized carbons (Fsp3) is 0.0741. The second-order valence-corrected chi connectivity index (χ2v) is 8.24. The lowest BCUT2D eigenvalue weighted by molar-refractivity contribution is 0.277. The van der Waals surface area contributed by atoms with Crippen molar-refractivity contribution in [2.24, 2.45) is 4.99 Å². The van der Waals surface area contributed by atoms with E-state index in [-0.39, 0.29) is 12.4 Å². The summed E-state index contributed by atoms with van der Waals surface area (Å²) in [4.78, 5) is 4.55. The lowest BCUT2D eigenvalue weighted by atomic mass is 10.2. The number of hydrogen-bond acceptors (Lipinski definition) is 4. The lowest BCUT2D eigenvalue weighted by Crippen LogP contribution is -2.02. The Kier molecular flexibility index (Phi) is 7.57. The van der Waals surface area contributed by atoms with Crippen LogP contribution in [0.1, 0.15) is 11.1 Å². The Morgan fingerprint density at radius 3 is 2.30 bits per heavy atom. The zero-order valence-corrected chi connectivity index (χ0v) is 20.0. The van der Waals surface area contributed by atoms with Gasteiger partial charge < -0.3 is 14.2 Å². The Morgan fingerprint density at radius 1 is 0.879 bits per heavy atom. The highest BCUT2D eigenvalue weighted by Gasteiger charge is 2.12. The Hall–Kier alpha value is -3.39. The SMILES string of the molecule is COc1cc(C=Nc2ccc(Oc3ccccc3)cc2)cc(I)c1OCc1ccccc1F. The van der Waals surface area contributed by atoms with Crippen LogP contribution in [0.25, 0.3) is 0 Å². The average molecular weight is 553 g/mol. The molecule has 33 heavy (non-hydrogen) atoms. The quantitative estimate of drug-likeness (QED) is 0.167. The third kappa shape index (κ3) is 6.10. The summed E-state index contributed by atoms with van der Waals surface area (Å²) in [6, 6.07) is 27.5. The van der Waals surface area contributed by atoms with E-state index in [0.717, 1.165) is 26.3 Å². The topological polar surface area (TPSA) is 40.0 Å². The molecule has 0 saturated heterocycles. The Morgan fingerprint density at radius 2 is 1.58 bits per heavy atom. The van der Waals surface area contributed by atoms with E-state index in [2.05, 4.69) is 27.6 Å². The maximum absolute atomic E-state index is 13.9. The molecule has 0 radical (unpaired) electrons. The Labute approximate surface area is 205 Å². The van der Waals surface area contributed by atoms with Gasteiger partial charge in [-0.2, -0.15) is 0 Å². The number of benzene rings is 4. The van der Waals surface area contributed by atoms with Gasteiger partial charge in [-0.05, 0) is 82.8 Å². The van der Waals surface area contributed by atoms with Gasteiger partial charge in [-0.3, -0.25) is 4.99 Å². The second kappa shape index (κ2) is 11.0. The average Bonchev–Trinajstić information content (AvgIpc) is 2.84. The second-order valence-electron chi connectivity index (χ2n) is 7.08. The van der Waals surface area contributed by atoms with Crippen LogP contribution in [0.3, 0.4) is 0 Å². The van der Waals surface area contributed by atoms with Crippen molar-refractivity contribution in [3.63, 3.8) is 0 Å². The third-order valence-electron chi connectivity index (χ3n) is 4.76. The molecule has 166 valence electrons. The number of methoxy groups -OCH3 is 1. The van der Waals surface area contributed by atoms with Gasteiger partial charge in [-0.15, -0.1) is 0 Å². The van der Waals surface area contributed by atoms with Gasteiger partial charge in [0, 0.05) is 11.8 Å². The van der Waals surface area contributed by atoms with Gasteiger partial charge in [0.05, 0.1) is 16.4 Å². The summed E-state index contributed by atoms with van der Waals surface area (Å²) in [5.74, 6) is 2.36. The number of aliphatic imine (C=N–C) groups is 1. The van der Waals surface area contributed by atoms with Crippen LogP contribution in [-0.2, 0) is 6.61 Å². The van der Waals surface area contributed by atoms with E-state index in [0.29, 0.717) is 17.1 Å². The van der Waals surface area contributed by atoms with Crippen molar-refractivity contribution in [2.75, 3.05) is 7.11 Å². The number of halogens is 2. The van der Waals surface area contributed by atoms with Crippen LogP contribution in [0.5, 0.6) is 23.0 Å². The van der Waals surface area contributed by atoms with Crippen LogP contribution in [0.4, 0.5) is 10.1 Å². The number of hydrogen-bond donors (Lipinski definition) is 0. The van der Waals surface area contributed by atoms with Gasteiger partial charge in [0.1, 0.15) is 23.9 Å². The molecule has 0 aromatic heterocycles. The molecule has 0 unspecified atom stereocenters. The standard InChI is InChI=1S/C27H21FINO3/c1-31-26-16-19(15-25(29)27(26)32-18-20-7-5-6-10-24(20)28)17-30-21-11-13-23(14-12-21)33-22-8-3-2-4-9-22/h2-17H,18H2,1H3. The predicted molar refractivity (Wildman–Crippen MR) is 137 cm³/mol. The third-order valence-corrected chi connectivity index (χ3v) is 5.56. The van der Waals surface area contributed by atoms with E-state index in [1.807, 2.05) is 66.7 Å². The maximum atomic E-state index is 13.9. The van der Waals surface area contributed by atoms with E-state index in [1.54, 1.807) is 31.5 Å². The monoisotopic (exact) mass is 553 g/mol. The molecule has 0 aliphatic heterocycles. The first kappa shape index (κ1) is 22.8.